The van der Waals surface area contributed by atoms with Crippen LogP contribution in [0.1, 0.15) is 46.0 Å². The van der Waals surface area contributed by atoms with E-state index < -0.39 is 28.7 Å². The van der Waals surface area contributed by atoms with Crippen molar-refractivity contribution in [2.75, 3.05) is 33.3 Å². The third-order valence-electron chi connectivity index (χ3n) is 7.47. The van der Waals surface area contributed by atoms with Crippen LogP contribution in [0, 0.1) is 11.8 Å². The number of carbonyl (C=O) groups excluding carboxylic acids is 3. The summed E-state index contributed by atoms with van der Waals surface area (Å²) in [6.45, 7) is 12.7. The Morgan fingerprint density at radius 3 is 2.58 bits per heavy atom. The second-order valence-electron chi connectivity index (χ2n) is 9.62. The first-order chi connectivity index (χ1) is 15.8. The molecule has 1 spiro atoms. The number of rotatable bonds is 12. The number of likely N-dealkylation sites (tertiary alicyclic amines) is 1. The van der Waals surface area contributed by atoms with E-state index in [2.05, 4.69) is 20.1 Å². The van der Waals surface area contributed by atoms with Gasteiger partial charge in [0, 0.05) is 31.9 Å². The molecule has 0 aliphatic carbocycles. The summed E-state index contributed by atoms with van der Waals surface area (Å²) < 4.78 is -0.623. The van der Waals surface area contributed by atoms with Gasteiger partial charge in [-0.3, -0.25) is 14.4 Å². The molecule has 3 fully saturated rings. The molecule has 6 atom stereocenters. The molecule has 184 valence electrons. The molecule has 7 nitrogen and oxygen atoms in total. The zero-order valence-electron chi connectivity index (χ0n) is 20.2. The Morgan fingerprint density at radius 2 is 1.97 bits per heavy atom. The normalized spacial score (nSPS) is 30.8. The molecule has 3 heterocycles. The number of hydrogen-bond donors (Lipinski definition) is 1. The first-order valence-corrected chi connectivity index (χ1v) is 13.0. The topological polar surface area (TPSA) is 81.2 Å². The molecule has 3 rings (SSSR count). The second-order valence-corrected chi connectivity index (χ2v) is 11.2. The maximum atomic E-state index is 14.0. The number of likely N-dealkylation sites (N-methyl/N-ethyl adjacent to an activating group) is 1. The molecule has 2 unspecified atom stereocenters. The van der Waals surface area contributed by atoms with Gasteiger partial charge in [-0.2, -0.15) is 0 Å². The number of fused-ring (bicyclic) bond motifs is 1. The summed E-state index contributed by atoms with van der Waals surface area (Å²) in [7, 11) is 1.74. The van der Waals surface area contributed by atoms with Gasteiger partial charge in [0.25, 0.3) is 0 Å². The summed E-state index contributed by atoms with van der Waals surface area (Å²) >= 11 is 1.67. The summed E-state index contributed by atoms with van der Waals surface area (Å²) in [6.07, 6.45) is 7.93. The molecule has 1 N–H and O–H groups in total. The Balaban J connectivity index is 2.00. The van der Waals surface area contributed by atoms with E-state index >= 15 is 0 Å². The third kappa shape index (κ3) is 4.36. The van der Waals surface area contributed by atoms with Crippen molar-refractivity contribution >= 4 is 29.5 Å². The van der Waals surface area contributed by atoms with Crippen molar-refractivity contribution < 1.29 is 19.5 Å². The van der Waals surface area contributed by atoms with Gasteiger partial charge in [0.1, 0.15) is 6.04 Å². The SMILES string of the molecule is C=CCN(C)C(=O)[C@@H]1[C@@H]2CCC3(S2)C(C(=O)N(CC=C)CCCCC)N([C@H](C)CO)C(=O)[C@H]13. The summed E-state index contributed by atoms with van der Waals surface area (Å²) in [5.41, 5.74) is 0. The molecule has 8 heteroatoms. The number of carbonyl (C=O) groups is 3. The van der Waals surface area contributed by atoms with E-state index in [1.54, 1.807) is 47.7 Å². The van der Waals surface area contributed by atoms with Crippen LogP contribution in [0.2, 0.25) is 0 Å². The average molecular weight is 478 g/mol. The van der Waals surface area contributed by atoms with Crippen LogP contribution in [0.25, 0.3) is 0 Å². The molecule has 3 saturated heterocycles. The zero-order valence-corrected chi connectivity index (χ0v) is 21.1. The van der Waals surface area contributed by atoms with E-state index in [9.17, 15) is 19.5 Å². The van der Waals surface area contributed by atoms with Crippen LogP contribution >= 0.6 is 11.8 Å². The number of unbranched alkanes of at least 4 members (excludes halogenated alkanes) is 2. The largest absolute Gasteiger partial charge is 0.394 e. The molecule has 3 amide bonds. The van der Waals surface area contributed by atoms with Crippen LogP contribution in [0.15, 0.2) is 25.3 Å². The molecule has 0 aromatic rings. The van der Waals surface area contributed by atoms with Gasteiger partial charge in [0.05, 0.1) is 29.2 Å². The predicted octanol–water partition coefficient (Wildman–Crippen LogP) is 2.31. The number of nitrogens with zero attached hydrogens (tertiary/aromatic N) is 3. The number of aliphatic hydroxyl groups excluding tert-OH is 1. The molecule has 0 radical (unpaired) electrons. The minimum absolute atomic E-state index is 0.0357. The lowest BCUT2D eigenvalue weighted by molar-refractivity contribution is -0.146. The monoisotopic (exact) mass is 477 g/mol. The molecule has 2 bridgehead atoms. The van der Waals surface area contributed by atoms with Crippen molar-refractivity contribution in [2.45, 2.75) is 68.0 Å². The lowest BCUT2D eigenvalue weighted by Crippen LogP contribution is -2.57. The zero-order chi connectivity index (χ0) is 24.3. The highest BCUT2D eigenvalue weighted by Crippen LogP contribution is 2.66. The highest BCUT2D eigenvalue weighted by Gasteiger charge is 2.74. The minimum Gasteiger partial charge on any atom is -0.394 e. The number of thioether (sulfide) groups is 1. The molecular weight excluding hydrogens is 438 g/mol. The molecule has 3 aliphatic rings. The summed E-state index contributed by atoms with van der Waals surface area (Å²) in [6, 6.07) is -1.16. The van der Waals surface area contributed by atoms with E-state index in [1.807, 2.05) is 4.90 Å². The van der Waals surface area contributed by atoms with Crippen LogP contribution in [0.4, 0.5) is 0 Å². The smallest absolute Gasteiger partial charge is 0.247 e. The van der Waals surface area contributed by atoms with Crippen LogP contribution in [0.5, 0.6) is 0 Å². The van der Waals surface area contributed by atoms with Gasteiger partial charge >= 0.3 is 0 Å². The van der Waals surface area contributed by atoms with Crippen LogP contribution in [-0.2, 0) is 14.4 Å². The van der Waals surface area contributed by atoms with Crippen molar-refractivity contribution in [1.29, 1.82) is 0 Å². The standard InChI is InChI=1S/C25H39N3O4S/c1-6-9-10-15-27(14-8-3)24(32)21-25-12-11-18(33-25)19(22(30)26(5)13-7-2)20(25)23(31)28(21)17(4)16-29/h7-8,17-21,29H,2-3,6,9-16H2,1,4-5H3/t17-,18+,19-,20+,21?,25?/m1/s1. The average Bonchev–Trinajstić information content (AvgIpc) is 3.44. The first-order valence-electron chi connectivity index (χ1n) is 12.1. The van der Waals surface area contributed by atoms with E-state index in [4.69, 9.17) is 0 Å². The fourth-order valence-electron chi connectivity index (χ4n) is 5.93. The summed E-state index contributed by atoms with van der Waals surface area (Å²) in [4.78, 5) is 46.3. The van der Waals surface area contributed by atoms with Crippen molar-refractivity contribution in [3.8, 4) is 0 Å². The fourth-order valence-corrected chi connectivity index (χ4v) is 8.12. The second kappa shape index (κ2) is 10.6. The van der Waals surface area contributed by atoms with Crippen LogP contribution in [0.3, 0.4) is 0 Å². The Hall–Kier alpha value is -1.80. The van der Waals surface area contributed by atoms with Gasteiger partial charge < -0.3 is 19.8 Å². The number of aliphatic hydroxyl groups is 1. The van der Waals surface area contributed by atoms with Crippen molar-refractivity contribution in [3.63, 3.8) is 0 Å². The fraction of sp³-hybridized carbons (Fsp3) is 0.720. The third-order valence-corrected chi connectivity index (χ3v) is 9.42. The molecule has 33 heavy (non-hydrogen) atoms. The van der Waals surface area contributed by atoms with Gasteiger partial charge in [-0.1, -0.05) is 31.9 Å². The Kier molecular flexibility index (Phi) is 8.32. The molecule has 0 aromatic heterocycles. The maximum Gasteiger partial charge on any atom is 0.247 e. The van der Waals surface area contributed by atoms with E-state index in [-0.39, 0.29) is 29.6 Å². The van der Waals surface area contributed by atoms with E-state index in [0.29, 0.717) is 19.6 Å². The maximum absolute atomic E-state index is 14.0. The molecule has 0 aromatic carbocycles. The number of hydrogen-bond acceptors (Lipinski definition) is 5. The van der Waals surface area contributed by atoms with Crippen molar-refractivity contribution in [2.24, 2.45) is 11.8 Å². The lowest BCUT2D eigenvalue weighted by Gasteiger charge is -2.39. The van der Waals surface area contributed by atoms with Crippen LogP contribution < -0.4 is 0 Å². The Morgan fingerprint density at radius 1 is 1.27 bits per heavy atom. The Bertz CT molecular complexity index is 790. The lowest BCUT2D eigenvalue weighted by atomic mass is 9.70. The van der Waals surface area contributed by atoms with Gasteiger partial charge in [0.15, 0.2) is 0 Å². The highest BCUT2D eigenvalue weighted by atomic mass is 32.2. The van der Waals surface area contributed by atoms with Gasteiger partial charge in [0.2, 0.25) is 17.7 Å². The molecule has 3 aliphatic heterocycles. The summed E-state index contributed by atoms with van der Waals surface area (Å²) in [5, 5.41) is 10.00. The predicted molar refractivity (Wildman–Crippen MR) is 132 cm³/mol. The Labute approximate surface area is 202 Å². The van der Waals surface area contributed by atoms with Gasteiger partial charge in [-0.25, -0.2) is 0 Å². The minimum atomic E-state index is -0.670. The van der Waals surface area contributed by atoms with Gasteiger partial charge in [-0.05, 0) is 26.2 Å². The van der Waals surface area contributed by atoms with Crippen molar-refractivity contribution in [3.05, 3.63) is 25.3 Å². The molecular formula is C25H39N3O4S. The van der Waals surface area contributed by atoms with Gasteiger partial charge in [-0.15, -0.1) is 24.9 Å². The van der Waals surface area contributed by atoms with Crippen LogP contribution in [-0.4, -0.2) is 92.9 Å². The quantitative estimate of drug-likeness (QED) is 0.345. The van der Waals surface area contributed by atoms with E-state index in [0.717, 1.165) is 32.1 Å². The highest BCUT2D eigenvalue weighted by molar-refractivity contribution is 8.02. The van der Waals surface area contributed by atoms with Crippen molar-refractivity contribution in [1.82, 2.24) is 14.7 Å². The summed E-state index contributed by atoms with van der Waals surface area (Å²) in [5.74, 6) is -1.28. The number of amides is 3. The first kappa shape index (κ1) is 25.8. The molecule has 0 saturated carbocycles. The van der Waals surface area contributed by atoms with E-state index in [1.165, 1.54) is 0 Å².